The standard InChI is InChI=1S/C21H25N5O3S.C20H23N5O/c1-16(22-21(27)19-15-25-10-4-3-5-20(25)23-19)17-6-8-18(9-7-17)24-11-13-26(14-12-24)30(2,28)29;1-15(16-5-7-17(8-6-16)24-12-9-21-10-13-24)22-20(26)18-14-25-11-3-2-4-19(25)23-18/h3-10,15-16H,11-14H2,1-2H3,(H,22,27);2-8,11,14-15,21H,9-10,12-13H2,1H3,(H,22,26)/t16-;15-/m11/s1. The summed E-state index contributed by atoms with van der Waals surface area (Å²) in [6.45, 7) is 10.3. The number of hydrogen-bond acceptors (Lipinski definition) is 9. The number of fused-ring (bicyclic) bond motifs is 2. The molecular weight excluding hydrogens is 729 g/mol. The molecular formula is C41H48N10O4S. The van der Waals surface area contributed by atoms with Crippen LogP contribution in [0.25, 0.3) is 11.3 Å². The quantitative estimate of drug-likeness (QED) is 0.197. The maximum absolute atomic E-state index is 12.6. The van der Waals surface area contributed by atoms with Gasteiger partial charge >= 0.3 is 0 Å². The number of aromatic nitrogens is 4. The second kappa shape index (κ2) is 16.9. The van der Waals surface area contributed by atoms with E-state index in [-0.39, 0.29) is 23.9 Å². The number of carbonyl (C=O) groups excluding carboxylic acids is 2. The SMILES string of the molecule is C[C@@H](NC(=O)c1cn2ccccc2n1)c1ccc(N2CCN(S(C)(=O)=O)CC2)cc1.C[C@@H](NC(=O)c1cn2ccccc2n1)c1ccc(N2CCNCC2)cc1. The number of imidazole rings is 2. The second-order valence-corrected chi connectivity index (χ2v) is 16.1. The number of hydrogen-bond donors (Lipinski definition) is 3. The third-order valence-corrected chi connectivity index (χ3v) is 11.5. The molecule has 4 aromatic heterocycles. The van der Waals surface area contributed by atoms with Crippen molar-refractivity contribution in [2.45, 2.75) is 25.9 Å². The van der Waals surface area contributed by atoms with Crippen molar-refractivity contribution < 1.29 is 18.0 Å². The minimum atomic E-state index is -3.13. The Labute approximate surface area is 327 Å². The molecule has 6 heterocycles. The Morgan fingerprint density at radius 3 is 1.46 bits per heavy atom. The first-order valence-corrected chi connectivity index (χ1v) is 20.7. The number of carbonyl (C=O) groups is 2. The average molecular weight is 777 g/mol. The highest BCUT2D eigenvalue weighted by Crippen LogP contribution is 2.22. The molecule has 2 aromatic carbocycles. The van der Waals surface area contributed by atoms with Gasteiger partial charge in [0.1, 0.15) is 22.7 Å². The number of rotatable bonds is 9. The summed E-state index contributed by atoms with van der Waals surface area (Å²) < 4.78 is 28.5. The Balaban J connectivity index is 0.000000173. The summed E-state index contributed by atoms with van der Waals surface area (Å²) in [5.74, 6) is -0.375. The van der Waals surface area contributed by atoms with Crippen molar-refractivity contribution in [2.75, 3.05) is 68.4 Å². The molecule has 2 aliphatic heterocycles. The number of pyridine rings is 2. The van der Waals surface area contributed by atoms with Gasteiger partial charge in [-0.3, -0.25) is 9.59 Å². The highest BCUT2D eigenvalue weighted by molar-refractivity contribution is 7.88. The Kier molecular flexibility index (Phi) is 11.6. The van der Waals surface area contributed by atoms with Crippen LogP contribution in [-0.2, 0) is 10.0 Å². The fraction of sp³-hybridized carbons (Fsp3) is 0.317. The number of benzene rings is 2. The average Bonchev–Trinajstić information content (AvgIpc) is 3.87. The molecule has 8 rings (SSSR count). The van der Waals surface area contributed by atoms with Crippen molar-refractivity contribution >= 4 is 44.5 Å². The summed E-state index contributed by atoms with van der Waals surface area (Å²) in [5.41, 5.74) is 6.67. The summed E-state index contributed by atoms with van der Waals surface area (Å²) in [6, 6.07) is 27.5. The van der Waals surface area contributed by atoms with Crippen LogP contribution in [-0.4, -0.2) is 102 Å². The van der Waals surface area contributed by atoms with Crippen molar-refractivity contribution in [1.29, 1.82) is 0 Å². The molecule has 14 nitrogen and oxygen atoms in total. The summed E-state index contributed by atoms with van der Waals surface area (Å²) in [5, 5.41) is 9.39. The van der Waals surface area contributed by atoms with Crippen molar-refractivity contribution in [3.63, 3.8) is 0 Å². The smallest absolute Gasteiger partial charge is 0.271 e. The van der Waals surface area contributed by atoms with E-state index in [0.717, 1.165) is 54.3 Å². The zero-order valence-corrected chi connectivity index (χ0v) is 32.7. The predicted octanol–water partition coefficient (Wildman–Crippen LogP) is 4.14. The lowest BCUT2D eigenvalue weighted by molar-refractivity contribution is 0.0927. The summed E-state index contributed by atoms with van der Waals surface area (Å²) >= 11 is 0. The van der Waals surface area contributed by atoms with Crippen LogP contribution in [0.3, 0.4) is 0 Å². The molecule has 2 saturated heterocycles. The number of nitrogens with one attached hydrogen (secondary N) is 3. The van der Waals surface area contributed by atoms with Crippen LogP contribution < -0.4 is 25.8 Å². The predicted molar refractivity (Wildman–Crippen MR) is 219 cm³/mol. The van der Waals surface area contributed by atoms with E-state index in [1.807, 2.05) is 95.7 Å². The molecule has 2 fully saturated rings. The van der Waals surface area contributed by atoms with Crippen LogP contribution in [0.15, 0.2) is 110 Å². The number of sulfonamides is 1. The first-order chi connectivity index (χ1) is 27.0. The molecule has 0 spiro atoms. The van der Waals surface area contributed by atoms with Crippen LogP contribution in [0.1, 0.15) is 58.0 Å². The highest BCUT2D eigenvalue weighted by atomic mass is 32.2. The Bertz CT molecular complexity index is 2310. The molecule has 292 valence electrons. The highest BCUT2D eigenvalue weighted by Gasteiger charge is 2.24. The first kappa shape index (κ1) is 38.5. The van der Waals surface area contributed by atoms with Crippen LogP contribution in [0.4, 0.5) is 11.4 Å². The maximum Gasteiger partial charge on any atom is 0.271 e. The molecule has 2 atom stereocenters. The van der Waals surface area contributed by atoms with Gasteiger partial charge in [0.05, 0.1) is 18.3 Å². The zero-order chi connectivity index (χ0) is 39.2. The zero-order valence-electron chi connectivity index (χ0n) is 31.9. The largest absolute Gasteiger partial charge is 0.369 e. The van der Waals surface area contributed by atoms with Gasteiger partial charge in [0.25, 0.3) is 11.8 Å². The van der Waals surface area contributed by atoms with E-state index in [1.165, 1.54) is 16.2 Å². The molecule has 0 saturated carbocycles. The van der Waals surface area contributed by atoms with Crippen LogP contribution in [0.5, 0.6) is 0 Å². The molecule has 0 bridgehead atoms. The van der Waals surface area contributed by atoms with Gasteiger partial charge in [0, 0.05) is 88.5 Å². The van der Waals surface area contributed by atoms with E-state index in [9.17, 15) is 18.0 Å². The molecule has 0 aliphatic carbocycles. The van der Waals surface area contributed by atoms with E-state index in [1.54, 1.807) is 12.4 Å². The molecule has 2 amide bonds. The van der Waals surface area contributed by atoms with E-state index in [4.69, 9.17) is 0 Å². The summed E-state index contributed by atoms with van der Waals surface area (Å²) in [4.78, 5) is 38.4. The third-order valence-electron chi connectivity index (χ3n) is 10.2. The van der Waals surface area contributed by atoms with E-state index in [0.29, 0.717) is 37.6 Å². The molecule has 0 unspecified atom stereocenters. The maximum atomic E-state index is 12.6. The van der Waals surface area contributed by atoms with Crippen LogP contribution in [0, 0.1) is 0 Å². The van der Waals surface area contributed by atoms with Gasteiger partial charge in [-0.2, -0.15) is 4.31 Å². The molecule has 0 radical (unpaired) electrons. The molecule has 3 N–H and O–H groups in total. The van der Waals surface area contributed by atoms with Crippen molar-refractivity contribution in [3.8, 4) is 0 Å². The third kappa shape index (κ3) is 9.18. The van der Waals surface area contributed by atoms with E-state index < -0.39 is 10.0 Å². The van der Waals surface area contributed by atoms with E-state index >= 15 is 0 Å². The monoisotopic (exact) mass is 776 g/mol. The molecule has 56 heavy (non-hydrogen) atoms. The van der Waals surface area contributed by atoms with Gasteiger partial charge in [-0.05, 0) is 73.5 Å². The van der Waals surface area contributed by atoms with Crippen LogP contribution in [0.2, 0.25) is 0 Å². The fourth-order valence-corrected chi connectivity index (χ4v) is 7.77. The van der Waals surface area contributed by atoms with Crippen LogP contribution >= 0.6 is 0 Å². The molecule has 6 aromatic rings. The summed E-state index contributed by atoms with van der Waals surface area (Å²) in [7, 11) is -3.13. The van der Waals surface area contributed by atoms with Gasteiger partial charge in [0.2, 0.25) is 10.0 Å². The first-order valence-electron chi connectivity index (χ1n) is 18.9. The molecule has 2 aliphatic rings. The minimum absolute atomic E-state index is 0.0793. The normalized spacial score (nSPS) is 16.2. The fourth-order valence-electron chi connectivity index (χ4n) is 6.94. The Morgan fingerprint density at radius 2 is 1.05 bits per heavy atom. The number of amides is 2. The van der Waals surface area contributed by atoms with Crippen molar-refractivity contribution in [2.24, 2.45) is 0 Å². The van der Waals surface area contributed by atoms with E-state index in [2.05, 4.69) is 60.0 Å². The lowest BCUT2D eigenvalue weighted by Gasteiger charge is -2.34. The van der Waals surface area contributed by atoms with Gasteiger partial charge in [-0.1, -0.05) is 36.4 Å². The number of anilines is 2. The number of piperazine rings is 2. The minimum Gasteiger partial charge on any atom is -0.369 e. The summed E-state index contributed by atoms with van der Waals surface area (Å²) in [6.07, 6.45) is 8.47. The molecule has 15 heteroatoms. The van der Waals surface area contributed by atoms with Gasteiger partial charge in [-0.25, -0.2) is 18.4 Å². The number of nitrogens with zero attached hydrogens (tertiary/aromatic N) is 7. The van der Waals surface area contributed by atoms with Gasteiger partial charge in [-0.15, -0.1) is 0 Å². The lowest BCUT2D eigenvalue weighted by atomic mass is 10.1. The van der Waals surface area contributed by atoms with Crippen molar-refractivity contribution in [1.82, 2.24) is 39.0 Å². The Hall–Kier alpha value is -5.77. The lowest BCUT2D eigenvalue weighted by Crippen LogP contribution is -2.48. The van der Waals surface area contributed by atoms with Gasteiger partial charge in [0.15, 0.2) is 0 Å². The topological polar surface area (TPSA) is 149 Å². The van der Waals surface area contributed by atoms with Crippen molar-refractivity contribution in [3.05, 3.63) is 132 Å². The Morgan fingerprint density at radius 1 is 0.625 bits per heavy atom. The van der Waals surface area contributed by atoms with Gasteiger partial charge < -0.3 is 34.6 Å². The second-order valence-electron chi connectivity index (χ2n) is 14.1.